The maximum atomic E-state index is 9.23. The van der Waals surface area contributed by atoms with Crippen molar-refractivity contribution < 1.29 is 0 Å². The summed E-state index contributed by atoms with van der Waals surface area (Å²) in [6.45, 7) is 11.3. The first kappa shape index (κ1) is 11.6. The fourth-order valence-corrected chi connectivity index (χ4v) is 3.12. The van der Waals surface area contributed by atoms with Crippen molar-refractivity contribution in [1.82, 2.24) is 0 Å². The van der Waals surface area contributed by atoms with E-state index in [1.807, 2.05) is 0 Å². The maximum Gasteiger partial charge on any atom is 0.0687 e. The Balaban J connectivity index is 2.84. The lowest BCUT2D eigenvalue weighted by molar-refractivity contribution is 0.0691. The molecular weight excluding hydrogens is 170 g/mol. The van der Waals surface area contributed by atoms with Gasteiger partial charge in [-0.15, -0.1) is 0 Å². The van der Waals surface area contributed by atoms with Crippen LogP contribution < -0.4 is 0 Å². The summed E-state index contributed by atoms with van der Waals surface area (Å²) in [5.74, 6) is 1.44. The van der Waals surface area contributed by atoms with E-state index in [9.17, 15) is 5.26 Å². The van der Waals surface area contributed by atoms with Crippen LogP contribution in [0.25, 0.3) is 0 Å². The predicted octanol–water partition coefficient (Wildman–Crippen LogP) is 4.00. The second-order valence-electron chi connectivity index (χ2n) is 6.43. The second kappa shape index (κ2) is 3.57. The van der Waals surface area contributed by atoms with E-state index in [0.29, 0.717) is 11.3 Å². The van der Waals surface area contributed by atoms with E-state index in [2.05, 4.69) is 40.7 Å². The molecule has 0 bridgehead atoms. The van der Waals surface area contributed by atoms with E-state index >= 15 is 0 Å². The molecule has 1 nitrogen and oxygen atoms in total. The Bertz CT molecular complexity index is 246. The van der Waals surface area contributed by atoms with E-state index in [1.54, 1.807) is 0 Å². The van der Waals surface area contributed by atoms with Crippen LogP contribution in [0, 0.1) is 34.0 Å². The van der Waals surface area contributed by atoms with Crippen LogP contribution in [0.5, 0.6) is 0 Å². The van der Waals surface area contributed by atoms with E-state index in [4.69, 9.17) is 0 Å². The molecule has 2 atom stereocenters. The van der Waals surface area contributed by atoms with Crippen molar-refractivity contribution in [3.05, 3.63) is 0 Å². The molecule has 1 aliphatic rings. The van der Waals surface area contributed by atoms with Gasteiger partial charge in [-0.05, 0) is 43.4 Å². The van der Waals surface area contributed by atoms with E-state index < -0.39 is 0 Å². The van der Waals surface area contributed by atoms with Gasteiger partial charge >= 0.3 is 0 Å². The summed E-state index contributed by atoms with van der Waals surface area (Å²) in [6, 6.07) is 2.52. The van der Waals surface area contributed by atoms with Gasteiger partial charge in [0.25, 0.3) is 0 Å². The van der Waals surface area contributed by atoms with Crippen molar-refractivity contribution in [2.24, 2.45) is 22.7 Å². The third kappa shape index (κ3) is 2.50. The Kier molecular flexibility index (Phi) is 2.95. The molecule has 0 aliphatic heterocycles. The van der Waals surface area contributed by atoms with Crippen LogP contribution in [-0.4, -0.2) is 0 Å². The Labute approximate surface area is 88.5 Å². The fourth-order valence-electron chi connectivity index (χ4n) is 3.12. The standard InChI is InChI=1S/C13H23N/c1-10(2)11-6-12(3,4)8-13(5,7-11)9-14/h10-11H,6-8H2,1-5H3. The summed E-state index contributed by atoms with van der Waals surface area (Å²) in [6.07, 6.45) is 3.42. The van der Waals surface area contributed by atoms with Crippen molar-refractivity contribution in [2.75, 3.05) is 0 Å². The van der Waals surface area contributed by atoms with E-state index in [-0.39, 0.29) is 5.41 Å². The summed E-state index contributed by atoms with van der Waals surface area (Å²) < 4.78 is 0. The van der Waals surface area contributed by atoms with Crippen LogP contribution in [0.3, 0.4) is 0 Å². The predicted molar refractivity (Wildman–Crippen MR) is 59.7 cm³/mol. The smallest absolute Gasteiger partial charge is 0.0687 e. The molecule has 0 spiro atoms. The molecule has 0 radical (unpaired) electrons. The van der Waals surface area contributed by atoms with Crippen LogP contribution in [-0.2, 0) is 0 Å². The molecule has 1 rings (SSSR count). The topological polar surface area (TPSA) is 23.8 Å². The van der Waals surface area contributed by atoms with Crippen LogP contribution in [0.2, 0.25) is 0 Å². The molecule has 1 saturated carbocycles. The van der Waals surface area contributed by atoms with Crippen molar-refractivity contribution in [1.29, 1.82) is 5.26 Å². The lowest BCUT2D eigenvalue weighted by atomic mass is 9.59. The number of hydrogen-bond acceptors (Lipinski definition) is 1. The molecule has 0 amide bonds. The zero-order valence-corrected chi connectivity index (χ0v) is 10.2. The van der Waals surface area contributed by atoms with E-state index in [1.165, 1.54) is 6.42 Å². The minimum Gasteiger partial charge on any atom is -0.198 e. The molecule has 0 aromatic carbocycles. The minimum atomic E-state index is -0.0866. The summed E-state index contributed by atoms with van der Waals surface area (Å²) in [5, 5.41) is 9.23. The van der Waals surface area contributed by atoms with Gasteiger partial charge in [-0.2, -0.15) is 5.26 Å². The molecule has 14 heavy (non-hydrogen) atoms. The lowest BCUT2D eigenvalue weighted by Crippen LogP contribution is -2.36. The number of rotatable bonds is 1. The molecule has 0 aromatic rings. The molecule has 0 heterocycles. The summed E-state index contributed by atoms with van der Waals surface area (Å²) in [7, 11) is 0. The third-order valence-electron chi connectivity index (χ3n) is 3.61. The maximum absolute atomic E-state index is 9.23. The van der Waals surface area contributed by atoms with Gasteiger partial charge in [-0.25, -0.2) is 0 Å². The van der Waals surface area contributed by atoms with Crippen molar-refractivity contribution in [3.8, 4) is 6.07 Å². The minimum absolute atomic E-state index is 0.0866. The van der Waals surface area contributed by atoms with Crippen LogP contribution in [0.1, 0.15) is 53.9 Å². The van der Waals surface area contributed by atoms with Crippen molar-refractivity contribution >= 4 is 0 Å². The Hall–Kier alpha value is -0.510. The quantitative estimate of drug-likeness (QED) is 0.617. The Morgan fingerprint density at radius 1 is 1.21 bits per heavy atom. The largest absolute Gasteiger partial charge is 0.198 e. The molecule has 0 N–H and O–H groups in total. The highest BCUT2D eigenvalue weighted by molar-refractivity contribution is 5.03. The molecule has 1 heteroatoms. The van der Waals surface area contributed by atoms with Crippen LogP contribution in [0.4, 0.5) is 0 Å². The number of nitriles is 1. The third-order valence-corrected chi connectivity index (χ3v) is 3.61. The van der Waals surface area contributed by atoms with E-state index in [0.717, 1.165) is 18.8 Å². The zero-order chi connectivity index (χ0) is 11.0. The van der Waals surface area contributed by atoms with Gasteiger partial charge in [0, 0.05) is 0 Å². The molecule has 2 unspecified atom stereocenters. The summed E-state index contributed by atoms with van der Waals surface area (Å²) >= 11 is 0. The average molecular weight is 193 g/mol. The monoisotopic (exact) mass is 193 g/mol. The molecule has 0 saturated heterocycles. The molecule has 1 fully saturated rings. The van der Waals surface area contributed by atoms with Crippen LogP contribution in [0.15, 0.2) is 0 Å². The highest BCUT2D eigenvalue weighted by Gasteiger charge is 2.42. The molecule has 1 aliphatic carbocycles. The van der Waals surface area contributed by atoms with Crippen molar-refractivity contribution in [2.45, 2.75) is 53.9 Å². The zero-order valence-electron chi connectivity index (χ0n) is 10.2. The summed E-state index contributed by atoms with van der Waals surface area (Å²) in [5.41, 5.74) is 0.258. The SMILES string of the molecule is CC(C)C1CC(C)(C)CC(C)(C#N)C1. The summed E-state index contributed by atoms with van der Waals surface area (Å²) in [4.78, 5) is 0. The normalized spacial score (nSPS) is 36.8. The first-order chi connectivity index (χ1) is 6.28. The van der Waals surface area contributed by atoms with Crippen LogP contribution >= 0.6 is 0 Å². The highest BCUT2D eigenvalue weighted by atomic mass is 14.5. The molecular formula is C13H23N. The number of nitrogens with zero attached hydrogens (tertiary/aromatic N) is 1. The highest BCUT2D eigenvalue weighted by Crippen LogP contribution is 2.50. The fraction of sp³-hybridized carbons (Fsp3) is 0.923. The first-order valence-corrected chi connectivity index (χ1v) is 5.69. The van der Waals surface area contributed by atoms with Crippen molar-refractivity contribution in [3.63, 3.8) is 0 Å². The van der Waals surface area contributed by atoms with Gasteiger partial charge in [-0.1, -0.05) is 27.7 Å². The van der Waals surface area contributed by atoms with Gasteiger partial charge in [0.2, 0.25) is 0 Å². The second-order valence-corrected chi connectivity index (χ2v) is 6.43. The van der Waals surface area contributed by atoms with Gasteiger partial charge in [0.1, 0.15) is 0 Å². The molecule has 80 valence electrons. The van der Waals surface area contributed by atoms with Gasteiger partial charge in [-0.3, -0.25) is 0 Å². The van der Waals surface area contributed by atoms with Gasteiger partial charge in [0.05, 0.1) is 11.5 Å². The van der Waals surface area contributed by atoms with Gasteiger partial charge in [0.15, 0.2) is 0 Å². The average Bonchev–Trinajstić information content (AvgIpc) is 2.01. The Morgan fingerprint density at radius 3 is 2.21 bits per heavy atom. The molecule has 0 aromatic heterocycles. The number of hydrogen-bond donors (Lipinski definition) is 0. The van der Waals surface area contributed by atoms with Gasteiger partial charge < -0.3 is 0 Å². The first-order valence-electron chi connectivity index (χ1n) is 5.69. The lowest BCUT2D eigenvalue weighted by Gasteiger charge is -2.44. The Morgan fingerprint density at radius 2 is 1.79 bits per heavy atom.